The number of hydrogen-bond donors (Lipinski definition) is 1. The third kappa shape index (κ3) is 4.19. The Morgan fingerprint density at radius 1 is 1.08 bits per heavy atom. The van der Waals surface area contributed by atoms with Gasteiger partial charge in [-0.3, -0.25) is 4.79 Å². The number of methoxy groups -OCH3 is 1. The lowest BCUT2D eigenvalue weighted by molar-refractivity contribution is -0.121. The molecule has 0 radical (unpaired) electrons. The topological polar surface area (TPSA) is 56.8 Å². The maximum atomic E-state index is 12.0. The van der Waals surface area contributed by atoms with Crippen LogP contribution in [0.5, 0.6) is 17.2 Å². The Labute approximate surface area is 141 Å². The van der Waals surface area contributed by atoms with Gasteiger partial charge < -0.3 is 19.5 Å². The van der Waals surface area contributed by atoms with Crippen molar-refractivity contribution < 1.29 is 19.0 Å². The van der Waals surface area contributed by atoms with Crippen LogP contribution in [0.1, 0.15) is 17.5 Å². The summed E-state index contributed by atoms with van der Waals surface area (Å²) >= 11 is 0. The normalized spacial score (nSPS) is 12.0. The second kappa shape index (κ2) is 7.73. The summed E-state index contributed by atoms with van der Waals surface area (Å²) in [5.41, 5.74) is 2.22. The Morgan fingerprint density at radius 3 is 2.79 bits per heavy atom. The van der Waals surface area contributed by atoms with Crippen molar-refractivity contribution in [3.8, 4) is 17.2 Å². The van der Waals surface area contributed by atoms with Crippen molar-refractivity contribution in [3.63, 3.8) is 0 Å². The molecule has 0 spiro atoms. The molecule has 5 nitrogen and oxygen atoms in total. The van der Waals surface area contributed by atoms with Gasteiger partial charge >= 0.3 is 0 Å². The van der Waals surface area contributed by atoms with Gasteiger partial charge in [-0.25, -0.2) is 0 Å². The van der Waals surface area contributed by atoms with E-state index in [-0.39, 0.29) is 12.7 Å². The van der Waals surface area contributed by atoms with Crippen molar-refractivity contribution in [2.24, 2.45) is 0 Å². The minimum Gasteiger partial charge on any atom is -0.497 e. The van der Waals surface area contributed by atoms with Crippen LogP contribution in [0.4, 0.5) is 0 Å². The van der Waals surface area contributed by atoms with E-state index in [9.17, 15) is 4.79 Å². The molecular weight excluding hydrogens is 306 g/mol. The summed E-state index contributed by atoms with van der Waals surface area (Å²) in [7, 11) is 1.65. The van der Waals surface area contributed by atoms with Crippen molar-refractivity contribution in [2.45, 2.75) is 19.3 Å². The lowest BCUT2D eigenvalue weighted by Crippen LogP contribution is -2.25. The van der Waals surface area contributed by atoms with Crippen LogP contribution in [0.3, 0.4) is 0 Å². The van der Waals surface area contributed by atoms with Crippen LogP contribution in [0.25, 0.3) is 0 Å². The van der Waals surface area contributed by atoms with Crippen molar-refractivity contribution in [3.05, 3.63) is 53.6 Å². The van der Waals surface area contributed by atoms with Crippen molar-refractivity contribution in [1.29, 1.82) is 0 Å². The number of ether oxygens (including phenoxy) is 3. The molecule has 1 amide bonds. The predicted molar refractivity (Wildman–Crippen MR) is 90.6 cm³/mol. The van der Waals surface area contributed by atoms with E-state index in [1.807, 2.05) is 42.5 Å². The zero-order valence-corrected chi connectivity index (χ0v) is 13.7. The average Bonchev–Trinajstić information content (AvgIpc) is 3.08. The van der Waals surface area contributed by atoms with Crippen molar-refractivity contribution in [1.82, 2.24) is 5.32 Å². The van der Waals surface area contributed by atoms with E-state index in [1.165, 1.54) is 0 Å². The van der Waals surface area contributed by atoms with Gasteiger partial charge in [0.05, 0.1) is 7.11 Å². The Kier molecular flexibility index (Phi) is 5.21. The second-order valence-electron chi connectivity index (χ2n) is 5.64. The molecule has 0 aromatic heterocycles. The Hall–Kier alpha value is -2.69. The summed E-state index contributed by atoms with van der Waals surface area (Å²) in [6.45, 7) is 0.886. The first kappa shape index (κ1) is 16.2. The Bertz CT molecular complexity index is 714. The number of carbonyl (C=O) groups excluding carboxylic acids is 1. The maximum Gasteiger partial charge on any atom is 0.231 e. The summed E-state index contributed by atoms with van der Waals surface area (Å²) in [5, 5.41) is 2.96. The van der Waals surface area contributed by atoms with Crippen LogP contribution in [-0.4, -0.2) is 26.4 Å². The molecule has 1 aliphatic heterocycles. The molecule has 1 N–H and O–H groups in total. The highest BCUT2D eigenvalue weighted by molar-refractivity contribution is 5.76. The second-order valence-corrected chi connectivity index (χ2v) is 5.64. The average molecular weight is 327 g/mol. The minimum absolute atomic E-state index is 0.0514. The van der Waals surface area contributed by atoms with Crippen LogP contribution in [0.2, 0.25) is 0 Å². The molecule has 0 bridgehead atoms. The lowest BCUT2D eigenvalue weighted by Gasteiger charge is -2.07. The Morgan fingerprint density at radius 2 is 1.92 bits per heavy atom. The molecule has 1 aliphatic rings. The number of fused-ring (bicyclic) bond motifs is 1. The molecule has 2 aromatic carbocycles. The molecule has 1 heterocycles. The molecule has 5 heteroatoms. The number of amides is 1. The number of rotatable bonds is 7. The van der Waals surface area contributed by atoms with Crippen LogP contribution in [0.15, 0.2) is 42.5 Å². The van der Waals surface area contributed by atoms with Crippen LogP contribution in [-0.2, 0) is 17.6 Å². The zero-order valence-electron chi connectivity index (χ0n) is 13.7. The van der Waals surface area contributed by atoms with Crippen molar-refractivity contribution >= 4 is 5.91 Å². The smallest absolute Gasteiger partial charge is 0.231 e. The van der Waals surface area contributed by atoms with E-state index in [2.05, 4.69) is 5.32 Å². The molecule has 0 unspecified atom stereocenters. The van der Waals surface area contributed by atoms with Crippen LogP contribution < -0.4 is 19.5 Å². The van der Waals surface area contributed by atoms with E-state index in [0.29, 0.717) is 19.4 Å². The standard InChI is InChI=1S/C19H21NO4/c1-22-16-4-2-3-14(11-16)9-10-20-19(21)8-6-15-5-7-17-18(12-15)24-13-23-17/h2-5,7,11-12H,6,8-10,13H2,1H3,(H,20,21). The predicted octanol–water partition coefficient (Wildman–Crippen LogP) is 2.72. The fourth-order valence-corrected chi connectivity index (χ4v) is 2.62. The highest BCUT2D eigenvalue weighted by Gasteiger charge is 2.13. The molecular formula is C19H21NO4. The van der Waals surface area contributed by atoms with Gasteiger partial charge in [-0.15, -0.1) is 0 Å². The number of nitrogens with one attached hydrogen (secondary N) is 1. The van der Waals surface area contributed by atoms with E-state index in [4.69, 9.17) is 14.2 Å². The summed E-state index contributed by atoms with van der Waals surface area (Å²) < 4.78 is 15.8. The molecule has 126 valence electrons. The van der Waals surface area contributed by atoms with Crippen LogP contribution >= 0.6 is 0 Å². The summed E-state index contributed by atoms with van der Waals surface area (Å²) in [5.74, 6) is 2.41. The molecule has 0 atom stereocenters. The van der Waals surface area contributed by atoms with E-state index in [1.54, 1.807) is 7.11 Å². The van der Waals surface area contributed by atoms with Gasteiger partial charge in [-0.2, -0.15) is 0 Å². The summed E-state index contributed by atoms with van der Waals surface area (Å²) in [6.07, 6.45) is 1.92. The van der Waals surface area contributed by atoms with Gasteiger partial charge in [0.2, 0.25) is 12.7 Å². The molecule has 0 fully saturated rings. The third-order valence-corrected chi connectivity index (χ3v) is 3.95. The van der Waals surface area contributed by atoms with Gasteiger partial charge in [-0.1, -0.05) is 18.2 Å². The lowest BCUT2D eigenvalue weighted by atomic mass is 10.1. The van der Waals surface area contributed by atoms with E-state index < -0.39 is 0 Å². The third-order valence-electron chi connectivity index (χ3n) is 3.95. The van der Waals surface area contributed by atoms with E-state index >= 15 is 0 Å². The maximum absolute atomic E-state index is 12.0. The Balaban J connectivity index is 1.41. The van der Waals surface area contributed by atoms with Crippen molar-refractivity contribution in [2.75, 3.05) is 20.4 Å². The number of carbonyl (C=O) groups is 1. The quantitative estimate of drug-likeness (QED) is 0.849. The first-order valence-corrected chi connectivity index (χ1v) is 8.03. The number of hydrogen-bond acceptors (Lipinski definition) is 4. The first-order chi connectivity index (χ1) is 11.7. The molecule has 24 heavy (non-hydrogen) atoms. The van der Waals surface area contributed by atoms with Gasteiger partial charge in [0, 0.05) is 13.0 Å². The summed E-state index contributed by atoms with van der Waals surface area (Å²) in [6, 6.07) is 13.7. The highest BCUT2D eigenvalue weighted by atomic mass is 16.7. The first-order valence-electron chi connectivity index (χ1n) is 8.03. The molecule has 3 rings (SSSR count). The molecule has 0 saturated heterocycles. The summed E-state index contributed by atoms with van der Waals surface area (Å²) in [4.78, 5) is 12.0. The van der Waals surface area contributed by atoms with Gasteiger partial charge in [0.25, 0.3) is 0 Å². The largest absolute Gasteiger partial charge is 0.497 e. The monoisotopic (exact) mass is 327 g/mol. The zero-order chi connectivity index (χ0) is 16.8. The number of aryl methyl sites for hydroxylation is 1. The number of benzene rings is 2. The minimum atomic E-state index is 0.0514. The molecule has 2 aromatic rings. The molecule has 0 saturated carbocycles. The molecule has 0 aliphatic carbocycles. The van der Waals surface area contributed by atoms with Gasteiger partial charge in [-0.05, 0) is 48.2 Å². The van der Waals surface area contributed by atoms with Gasteiger partial charge in [0.1, 0.15) is 5.75 Å². The fraction of sp³-hybridized carbons (Fsp3) is 0.316. The van der Waals surface area contributed by atoms with Crippen LogP contribution in [0, 0.1) is 0 Å². The highest BCUT2D eigenvalue weighted by Crippen LogP contribution is 2.32. The van der Waals surface area contributed by atoms with E-state index in [0.717, 1.165) is 34.8 Å². The SMILES string of the molecule is COc1cccc(CCNC(=O)CCc2ccc3c(c2)OCO3)c1. The fourth-order valence-electron chi connectivity index (χ4n) is 2.62. The van der Waals surface area contributed by atoms with Gasteiger partial charge in [0.15, 0.2) is 11.5 Å².